The molecular weight excluding hydrogens is 486 g/mol. The lowest BCUT2D eigenvalue weighted by Gasteiger charge is -2.21. The first kappa shape index (κ1) is 37.6. The number of aliphatic hydroxyl groups excluding tert-OH is 3. The first-order valence-corrected chi connectivity index (χ1v) is 16.3. The normalized spacial score (nSPS) is 14.5. The van der Waals surface area contributed by atoms with Gasteiger partial charge in [0.15, 0.2) is 0 Å². The van der Waals surface area contributed by atoms with E-state index in [1.807, 2.05) is 13.0 Å². The van der Waals surface area contributed by atoms with E-state index in [4.69, 9.17) is 0 Å². The van der Waals surface area contributed by atoms with Gasteiger partial charge in [0.1, 0.15) is 6.10 Å². The van der Waals surface area contributed by atoms with E-state index >= 15 is 0 Å². The Morgan fingerprint density at radius 2 is 1.10 bits per heavy atom. The summed E-state index contributed by atoms with van der Waals surface area (Å²) in [6.45, 7) is 3.91. The molecule has 3 atom stereocenters. The van der Waals surface area contributed by atoms with E-state index < -0.39 is 24.2 Å². The van der Waals surface area contributed by atoms with Crippen molar-refractivity contribution in [3.63, 3.8) is 0 Å². The molecule has 228 valence electrons. The highest BCUT2D eigenvalue weighted by molar-refractivity contribution is 5.80. The van der Waals surface area contributed by atoms with E-state index in [1.54, 1.807) is 6.08 Å². The average Bonchev–Trinajstić information content (AvgIpc) is 2.94. The number of unbranched alkanes of at least 4 members (excludes halogenated alkanes) is 17. The Labute approximate surface area is 241 Å². The van der Waals surface area contributed by atoms with Crippen LogP contribution in [-0.2, 0) is 4.79 Å². The number of hydrogen-bond acceptors (Lipinski definition) is 4. The molecule has 39 heavy (non-hydrogen) atoms. The number of amides is 1. The zero-order valence-corrected chi connectivity index (χ0v) is 25.5. The fourth-order valence-electron chi connectivity index (χ4n) is 4.69. The summed E-state index contributed by atoms with van der Waals surface area (Å²) in [7, 11) is 0. The summed E-state index contributed by atoms with van der Waals surface area (Å²) < 4.78 is 0. The Balaban J connectivity index is 3.77. The fraction of sp³-hybridized carbons (Fsp3) is 0.794. The number of carbonyl (C=O) groups is 1. The van der Waals surface area contributed by atoms with Crippen LogP contribution in [0.1, 0.15) is 149 Å². The van der Waals surface area contributed by atoms with Gasteiger partial charge in [0.05, 0.1) is 18.8 Å². The standard InChI is InChI=1S/C34H63NO4/c1-3-5-7-9-11-13-14-15-16-17-18-19-21-23-25-27-29-33(38)34(39)35-31(30-36)32(37)28-26-24-22-20-12-10-8-6-4-2/h4,6,12,20,26,28,31-33,36-38H,3,5,7-11,13-19,21-25,27,29-30H2,1-2H3,(H,35,39)/b6-4+,20-12+,28-26+. The zero-order valence-electron chi connectivity index (χ0n) is 25.5. The maximum absolute atomic E-state index is 12.3. The number of nitrogens with one attached hydrogen (secondary N) is 1. The van der Waals surface area contributed by atoms with Gasteiger partial charge >= 0.3 is 0 Å². The quantitative estimate of drug-likeness (QED) is 0.0586. The molecule has 0 aliphatic heterocycles. The number of carbonyl (C=O) groups excluding carboxylic acids is 1. The molecule has 5 heteroatoms. The monoisotopic (exact) mass is 549 g/mol. The molecule has 0 bridgehead atoms. The van der Waals surface area contributed by atoms with Crippen molar-refractivity contribution in [3.8, 4) is 0 Å². The molecule has 0 fully saturated rings. The highest BCUT2D eigenvalue weighted by atomic mass is 16.3. The predicted molar refractivity (Wildman–Crippen MR) is 167 cm³/mol. The van der Waals surface area contributed by atoms with Gasteiger partial charge in [-0.15, -0.1) is 0 Å². The Hall–Kier alpha value is -1.43. The smallest absolute Gasteiger partial charge is 0.249 e. The summed E-state index contributed by atoms with van der Waals surface area (Å²) in [5.41, 5.74) is 0. The van der Waals surface area contributed by atoms with E-state index in [1.165, 1.54) is 83.5 Å². The van der Waals surface area contributed by atoms with Crippen LogP contribution in [0.5, 0.6) is 0 Å². The minimum absolute atomic E-state index is 0.381. The van der Waals surface area contributed by atoms with Crippen molar-refractivity contribution in [2.24, 2.45) is 0 Å². The molecule has 0 saturated carbocycles. The van der Waals surface area contributed by atoms with Crippen LogP contribution in [0.2, 0.25) is 0 Å². The third kappa shape index (κ3) is 25.3. The minimum Gasteiger partial charge on any atom is -0.394 e. The lowest BCUT2D eigenvalue weighted by Crippen LogP contribution is -2.48. The van der Waals surface area contributed by atoms with Crippen molar-refractivity contribution < 1.29 is 20.1 Å². The Morgan fingerprint density at radius 1 is 0.667 bits per heavy atom. The van der Waals surface area contributed by atoms with E-state index in [0.717, 1.165) is 44.9 Å². The molecule has 4 N–H and O–H groups in total. The summed E-state index contributed by atoms with van der Waals surface area (Å²) in [6, 6.07) is -0.814. The molecule has 5 nitrogen and oxygen atoms in total. The van der Waals surface area contributed by atoms with Crippen LogP contribution in [0, 0.1) is 0 Å². The topological polar surface area (TPSA) is 89.8 Å². The Morgan fingerprint density at radius 3 is 1.56 bits per heavy atom. The Kier molecular flexibility index (Phi) is 28.5. The van der Waals surface area contributed by atoms with Crippen LogP contribution in [0.25, 0.3) is 0 Å². The molecule has 0 aromatic heterocycles. The van der Waals surface area contributed by atoms with Crippen molar-refractivity contribution in [3.05, 3.63) is 36.5 Å². The first-order chi connectivity index (χ1) is 19.1. The van der Waals surface area contributed by atoms with Crippen molar-refractivity contribution in [2.75, 3.05) is 6.61 Å². The van der Waals surface area contributed by atoms with Crippen LogP contribution in [-0.4, -0.2) is 46.1 Å². The number of rotatable bonds is 28. The van der Waals surface area contributed by atoms with E-state index in [2.05, 4.69) is 36.5 Å². The van der Waals surface area contributed by atoms with Gasteiger partial charge < -0.3 is 20.6 Å². The van der Waals surface area contributed by atoms with Crippen LogP contribution in [0.3, 0.4) is 0 Å². The molecule has 3 unspecified atom stereocenters. The van der Waals surface area contributed by atoms with Gasteiger partial charge in [-0.25, -0.2) is 0 Å². The molecule has 0 aliphatic rings. The third-order valence-corrected chi connectivity index (χ3v) is 7.31. The number of hydrogen-bond donors (Lipinski definition) is 4. The summed E-state index contributed by atoms with van der Waals surface area (Å²) in [4.78, 5) is 12.3. The lowest BCUT2D eigenvalue weighted by atomic mass is 10.0. The van der Waals surface area contributed by atoms with Crippen molar-refractivity contribution in [1.82, 2.24) is 5.32 Å². The molecule has 0 heterocycles. The molecule has 0 rings (SSSR count). The van der Waals surface area contributed by atoms with Crippen LogP contribution in [0.4, 0.5) is 0 Å². The summed E-state index contributed by atoms with van der Waals surface area (Å²) >= 11 is 0. The van der Waals surface area contributed by atoms with Gasteiger partial charge in [-0.05, 0) is 39.0 Å². The highest BCUT2D eigenvalue weighted by Crippen LogP contribution is 2.14. The summed E-state index contributed by atoms with van der Waals surface area (Å²) in [5, 5.41) is 32.7. The third-order valence-electron chi connectivity index (χ3n) is 7.31. The first-order valence-electron chi connectivity index (χ1n) is 16.3. The Bertz CT molecular complexity index is 616. The van der Waals surface area contributed by atoms with Crippen molar-refractivity contribution >= 4 is 5.91 Å². The molecule has 0 saturated heterocycles. The largest absolute Gasteiger partial charge is 0.394 e. The second-order valence-electron chi connectivity index (χ2n) is 11.0. The minimum atomic E-state index is -1.10. The van der Waals surface area contributed by atoms with E-state index in [0.29, 0.717) is 6.42 Å². The second kappa shape index (κ2) is 29.6. The van der Waals surface area contributed by atoms with Gasteiger partial charge in [0.25, 0.3) is 0 Å². The average molecular weight is 550 g/mol. The fourth-order valence-corrected chi connectivity index (χ4v) is 4.69. The van der Waals surface area contributed by atoms with Gasteiger partial charge in [0.2, 0.25) is 5.91 Å². The SMILES string of the molecule is C/C=C/CC/C=C/CC/C=C/C(O)C(CO)NC(=O)C(O)CCCCCCCCCCCCCCCCCC. The number of aliphatic hydroxyl groups is 3. The highest BCUT2D eigenvalue weighted by Gasteiger charge is 2.22. The molecule has 0 radical (unpaired) electrons. The maximum Gasteiger partial charge on any atom is 0.249 e. The van der Waals surface area contributed by atoms with Crippen LogP contribution in [0.15, 0.2) is 36.5 Å². The summed E-state index contributed by atoms with van der Waals surface area (Å²) in [6.07, 6.45) is 34.6. The lowest BCUT2D eigenvalue weighted by molar-refractivity contribution is -0.131. The molecule has 0 aliphatic carbocycles. The van der Waals surface area contributed by atoms with E-state index in [-0.39, 0.29) is 6.61 Å². The second-order valence-corrected chi connectivity index (χ2v) is 11.0. The van der Waals surface area contributed by atoms with Gasteiger partial charge in [-0.3, -0.25) is 4.79 Å². The molecule has 0 aromatic rings. The molecule has 0 spiro atoms. The summed E-state index contributed by atoms with van der Waals surface area (Å²) in [5.74, 6) is -0.522. The maximum atomic E-state index is 12.3. The number of allylic oxidation sites excluding steroid dienone is 5. The van der Waals surface area contributed by atoms with E-state index in [9.17, 15) is 20.1 Å². The zero-order chi connectivity index (χ0) is 28.8. The van der Waals surface area contributed by atoms with Gasteiger partial charge in [-0.2, -0.15) is 0 Å². The predicted octanol–water partition coefficient (Wildman–Crippen LogP) is 8.09. The van der Waals surface area contributed by atoms with Gasteiger partial charge in [0, 0.05) is 0 Å². The van der Waals surface area contributed by atoms with Gasteiger partial charge in [-0.1, -0.05) is 146 Å². The van der Waals surface area contributed by atoms with Crippen molar-refractivity contribution in [1.29, 1.82) is 0 Å². The molecule has 1 amide bonds. The van der Waals surface area contributed by atoms with Crippen molar-refractivity contribution in [2.45, 2.75) is 167 Å². The van der Waals surface area contributed by atoms with Crippen LogP contribution < -0.4 is 5.32 Å². The molecule has 0 aromatic carbocycles. The molecular formula is C34H63NO4. The van der Waals surface area contributed by atoms with Crippen LogP contribution >= 0.6 is 0 Å².